The standard InChI is InChI=1S/C14H16N2O2/c1-16-12(9-10-15-16)5-8-14(17)11-3-6-13(18-2)7-4-11/h3-4,6-7,9-10H,5,8H2,1-2H3. The number of carbonyl (C=O) groups excluding carboxylic acids is 1. The van der Waals surface area contributed by atoms with E-state index in [1.807, 2.05) is 13.1 Å². The van der Waals surface area contributed by atoms with E-state index in [-0.39, 0.29) is 5.78 Å². The van der Waals surface area contributed by atoms with Gasteiger partial charge in [0.1, 0.15) is 5.75 Å². The molecule has 0 N–H and O–H groups in total. The Balaban J connectivity index is 1.97. The molecule has 0 aliphatic rings. The van der Waals surface area contributed by atoms with Gasteiger partial charge in [-0.15, -0.1) is 0 Å². The molecule has 0 unspecified atom stereocenters. The molecule has 1 aromatic carbocycles. The van der Waals surface area contributed by atoms with E-state index < -0.39 is 0 Å². The number of ether oxygens (including phenoxy) is 1. The number of benzene rings is 1. The van der Waals surface area contributed by atoms with Crippen molar-refractivity contribution in [3.63, 3.8) is 0 Å². The molecule has 0 radical (unpaired) electrons. The predicted octanol–water partition coefficient (Wildman–Crippen LogP) is 2.24. The minimum Gasteiger partial charge on any atom is -0.497 e. The smallest absolute Gasteiger partial charge is 0.163 e. The average molecular weight is 244 g/mol. The largest absolute Gasteiger partial charge is 0.497 e. The first-order valence-electron chi connectivity index (χ1n) is 5.85. The highest BCUT2D eigenvalue weighted by Crippen LogP contribution is 2.13. The van der Waals surface area contributed by atoms with Crippen molar-refractivity contribution in [2.45, 2.75) is 12.8 Å². The number of rotatable bonds is 5. The van der Waals surface area contributed by atoms with Crippen molar-refractivity contribution in [3.8, 4) is 5.75 Å². The molecule has 0 fully saturated rings. The third-order valence-corrected chi connectivity index (χ3v) is 2.94. The fourth-order valence-corrected chi connectivity index (χ4v) is 1.81. The molecule has 0 atom stereocenters. The SMILES string of the molecule is COc1ccc(C(=O)CCc2ccnn2C)cc1. The first-order valence-corrected chi connectivity index (χ1v) is 5.85. The molecule has 0 saturated heterocycles. The molecule has 0 aliphatic heterocycles. The fourth-order valence-electron chi connectivity index (χ4n) is 1.81. The Kier molecular flexibility index (Phi) is 3.77. The van der Waals surface area contributed by atoms with Gasteiger partial charge < -0.3 is 4.74 Å². The minimum atomic E-state index is 0.138. The first-order chi connectivity index (χ1) is 8.70. The molecule has 0 aliphatic carbocycles. The summed E-state index contributed by atoms with van der Waals surface area (Å²) >= 11 is 0. The maximum absolute atomic E-state index is 12.0. The lowest BCUT2D eigenvalue weighted by Crippen LogP contribution is -2.04. The Hall–Kier alpha value is -2.10. The number of ketones is 1. The maximum atomic E-state index is 12.0. The molecule has 0 saturated carbocycles. The summed E-state index contributed by atoms with van der Waals surface area (Å²) in [5.41, 5.74) is 1.79. The van der Waals surface area contributed by atoms with Crippen molar-refractivity contribution in [2.24, 2.45) is 7.05 Å². The van der Waals surface area contributed by atoms with Crippen LogP contribution in [0.4, 0.5) is 0 Å². The number of aromatic nitrogens is 2. The molecule has 0 amide bonds. The van der Waals surface area contributed by atoms with Crippen molar-refractivity contribution < 1.29 is 9.53 Å². The molecule has 0 bridgehead atoms. The molecule has 1 aromatic heterocycles. The number of aryl methyl sites for hydroxylation is 2. The van der Waals surface area contributed by atoms with Gasteiger partial charge in [-0.3, -0.25) is 9.48 Å². The van der Waals surface area contributed by atoms with Gasteiger partial charge in [-0.05, 0) is 36.8 Å². The molecule has 2 aromatic rings. The minimum absolute atomic E-state index is 0.138. The third kappa shape index (κ3) is 2.77. The number of nitrogens with zero attached hydrogens (tertiary/aromatic N) is 2. The Labute approximate surface area is 106 Å². The first kappa shape index (κ1) is 12.4. The summed E-state index contributed by atoms with van der Waals surface area (Å²) in [5, 5.41) is 4.08. The van der Waals surface area contributed by atoms with E-state index in [4.69, 9.17) is 4.74 Å². The normalized spacial score (nSPS) is 10.3. The van der Waals surface area contributed by atoms with Gasteiger partial charge in [0, 0.05) is 30.9 Å². The van der Waals surface area contributed by atoms with Gasteiger partial charge in [0.25, 0.3) is 0 Å². The number of Topliss-reactive ketones (excluding diaryl/α,β-unsaturated/α-hetero) is 1. The zero-order chi connectivity index (χ0) is 13.0. The summed E-state index contributed by atoms with van der Waals surface area (Å²) in [4.78, 5) is 12.0. The predicted molar refractivity (Wildman–Crippen MR) is 68.9 cm³/mol. The lowest BCUT2D eigenvalue weighted by Gasteiger charge is -2.03. The highest BCUT2D eigenvalue weighted by molar-refractivity contribution is 5.96. The van der Waals surface area contributed by atoms with E-state index in [0.717, 1.165) is 17.0 Å². The molecular weight excluding hydrogens is 228 g/mol. The van der Waals surface area contributed by atoms with Gasteiger partial charge >= 0.3 is 0 Å². The van der Waals surface area contributed by atoms with E-state index in [1.165, 1.54) is 0 Å². The Morgan fingerprint density at radius 3 is 2.56 bits per heavy atom. The van der Waals surface area contributed by atoms with E-state index in [2.05, 4.69) is 5.10 Å². The summed E-state index contributed by atoms with van der Waals surface area (Å²) < 4.78 is 6.85. The molecular formula is C14H16N2O2. The molecule has 4 heteroatoms. The summed E-state index contributed by atoms with van der Waals surface area (Å²) in [6.07, 6.45) is 2.94. The van der Waals surface area contributed by atoms with Gasteiger partial charge in [-0.25, -0.2) is 0 Å². The summed E-state index contributed by atoms with van der Waals surface area (Å²) in [7, 11) is 3.49. The van der Waals surface area contributed by atoms with Crippen LogP contribution in [0, 0.1) is 0 Å². The van der Waals surface area contributed by atoms with Gasteiger partial charge in [0.15, 0.2) is 5.78 Å². The van der Waals surface area contributed by atoms with Gasteiger partial charge in [0.05, 0.1) is 7.11 Å². The second-order valence-electron chi connectivity index (χ2n) is 4.10. The maximum Gasteiger partial charge on any atom is 0.163 e. The van der Waals surface area contributed by atoms with Crippen LogP contribution >= 0.6 is 0 Å². The van der Waals surface area contributed by atoms with Crippen LogP contribution in [-0.4, -0.2) is 22.7 Å². The summed E-state index contributed by atoms with van der Waals surface area (Å²) in [5.74, 6) is 0.900. The van der Waals surface area contributed by atoms with E-state index >= 15 is 0 Å². The van der Waals surface area contributed by atoms with Gasteiger partial charge in [0.2, 0.25) is 0 Å². The molecule has 2 rings (SSSR count). The lowest BCUT2D eigenvalue weighted by molar-refractivity contribution is 0.0982. The van der Waals surface area contributed by atoms with Crippen molar-refractivity contribution in [2.75, 3.05) is 7.11 Å². The van der Waals surface area contributed by atoms with Crippen LogP contribution in [-0.2, 0) is 13.5 Å². The summed E-state index contributed by atoms with van der Waals surface area (Å²) in [6, 6.07) is 9.13. The van der Waals surface area contributed by atoms with Crippen LogP contribution in [0.2, 0.25) is 0 Å². The van der Waals surface area contributed by atoms with Crippen LogP contribution in [0.15, 0.2) is 36.5 Å². The number of methoxy groups -OCH3 is 1. The number of hydrogen-bond donors (Lipinski definition) is 0. The van der Waals surface area contributed by atoms with E-state index in [0.29, 0.717) is 12.8 Å². The quantitative estimate of drug-likeness (QED) is 0.758. The Morgan fingerprint density at radius 2 is 2.00 bits per heavy atom. The highest BCUT2D eigenvalue weighted by atomic mass is 16.5. The van der Waals surface area contributed by atoms with Crippen LogP contribution in [0.25, 0.3) is 0 Å². The second-order valence-corrected chi connectivity index (χ2v) is 4.10. The van der Waals surface area contributed by atoms with Crippen LogP contribution < -0.4 is 4.74 Å². The van der Waals surface area contributed by atoms with E-state index in [9.17, 15) is 4.79 Å². The number of carbonyl (C=O) groups is 1. The molecule has 18 heavy (non-hydrogen) atoms. The van der Waals surface area contributed by atoms with E-state index in [1.54, 1.807) is 42.3 Å². The van der Waals surface area contributed by atoms with Crippen molar-refractivity contribution in [1.82, 2.24) is 9.78 Å². The fraction of sp³-hybridized carbons (Fsp3) is 0.286. The zero-order valence-electron chi connectivity index (χ0n) is 10.6. The van der Waals surface area contributed by atoms with Gasteiger partial charge in [-0.1, -0.05) is 0 Å². The molecule has 0 spiro atoms. The highest BCUT2D eigenvalue weighted by Gasteiger charge is 2.07. The van der Waals surface area contributed by atoms with Crippen molar-refractivity contribution in [1.29, 1.82) is 0 Å². The van der Waals surface area contributed by atoms with Crippen molar-refractivity contribution >= 4 is 5.78 Å². The van der Waals surface area contributed by atoms with Crippen LogP contribution in [0.3, 0.4) is 0 Å². The van der Waals surface area contributed by atoms with Crippen LogP contribution in [0.5, 0.6) is 5.75 Å². The molecule has 4 nitrogen and oxygen atoms in total. The summed E-state index contributed by atoms with van der Waals surface area (Å²) in [6.45, 7) is 0. The lowest BCUT2D eigenvalue weighted by atomic mass is 10.1. The second kappa shape index (κ2) is 5.49. The molecule has 94 valence electrons. The van der Waals surface area contributed by atoms with Crippen LogP contribution in [0.1, 0.15) is 22.5 Å². The Morgan fingerprint density at radius 1 is 1.28 bits per heavy atom. The Bertz CT molecular complexity index is 529. The monoisotopic (exact) mass is 244 g/mol. The average Bonchev–Trinajstić information content (AvgIpc) is 2.81. The molecule has 1 heterocycles. The third-order valence-electron chi connectivity index (χ3n) is 2.94. The topological polar surface area (TPSA) is 44.1 Å². The van der Waals surface area contributed by atoms with Crippen molar-refractivity contribution in [3.05, 3.63) is 47.8 Å². The number of hydrogen-bond acceptors (Lipinski definition) is 3. The zero-order valence-corrected chi connectivity index (χ0v) is 10.6. The van der Waals surface area contributed by atoms with Gasteiger partial charge in [-0.2, -0.15) is 5.10 Å².